The molecule has 0 bridgehead atoms. The second-order valence-corrected chi connectivity index (χ2v) is 7.57. The van der Waals surface area contributed by atoms with E-state index in [1.54, 1.807) is 36.4 Å². The van der Waals surface area contributed by atoms with Crippen molar-refractivity contribution in [2.45, 2.75) is 26.8 Å². The number of nitrogens with zero attached hydrogens (tertiary/aromatic N) is 2. The van der Waals surface area contributed by atoms with Crippen LogP contribution >= 0.6 is 0 Å². The molecule has 0 aromatic heterocycles. The first kappa shape index (κ1) is 23.3. The zero-order valence-corrected chi connectivity index (χ0v) is 18.7. The topological polar surface area (TPSA) is 90.3 Å². The van der Waals surface area contributed by atoms with E-state index in [-0.39, 0.29) is 17.1 Å². The largest absolute Gasteiger partial charge is 0.508 e. The Bertz CT molecular complexity index is 996. The van der Waals surface area contributed by atoms with Crippen LogP contribution in [-0.2, 0) is 9.59 Å². The van der Waals surface area contributed by atoms with Gasteiger partial charge in [0.1, 0.15) is 17.3 Å². The highest BCUT2D eigenvalue weighted by Crippen LogP contribution is 2.40. The van der Waals surface area contributed by atoms with Crippen molar-refractivity contribution in [3.05, 3.63) is 65.2 Å². The van der Waals surface area contributed by atoms with Crippen LogP contribution in [0.2, 0.25) is 0 Å². The predicted octanol–water partition coefficient (Wildman–Crippen LogP) is 3.55. The summed E-state index contributed by atoms with van der Waals surface area (Å²) in [6, 6.07) is 12.4. The molecule has 1 amide bonds. The lowest BCUT2D eigenvalue weighted by Crippen LogP contribution is -2.38. The lowest BCUT2D eigenvalue weighted by molar-refractivity contribution is -0.140. The van der Waals surface area contributed by atoms with Crippen molar-refractivity contribution in [1.29, 1.82) is 0 Å². The first-order valence-corrected chi connectivity index (χ1v) is 10.9. The molecule has 0 spiro atoms. The number of aliphatic hydroxyl groups excluding tert-OH is 1. The Morgan fingerprint density at radius 2 is 1.75 bits per heavy atom. The van der Waals surface area contributed by atoms with Gasteiger partial charge < -0.3 is 24.7 Å². The van der Waals surface area contributed by atoms with E-state index in [1.165, 1.54) is 17.0 Å². The zero-order valence-electron chi connectivity index (χ0n) is 18.7. The van der Waals surface area contributed by atoms with Gasteiger partial charge >= 0.3 is 0 Å². The summed E-state index contributed by atoms with van der Waals surface area (Å²) in [5.41, 5.74) is 1.08. The van der Waals surface area contributed by atoms with Crippen molar-refractivity contribution < 1.29 is 24.5 Å². The number of Topliss-reactive ketones (excluding diaryl/α,β-unsaturated/α-hetero) is 1. The van der Waals surface area contributed by atoms with Gasteiger partial charge in [-0.05, 0) is 49.8 Å². The minimum atomic E-state index is -0.748. The number of aromatic hydroxyl groups is 1. The molecule has 7 heteroatoms. The molecule has 2 N–H and O–H groups in total. The van der Waals surface area contributed by atoms with Crippen LogP contribution in [0, 0.1) is 0 Å². The van der Waals surface area contributed by atoms with Gasteiger partial charge in [-0.15, -0.1) is 0 Å². The maximum absolute atomic E-state index is 13.1. The average molecular weight is 439 g/mol. The minimum absolute atomic E-state index is 0.0360. The average Bonchev–Trinajstić information content (AvgIpc) is 3.05. The number of benzene rings is 2. The number of rotatable bonds is 9. The smallest absolute Gasteiger partial charge is 0.295 e. The van der Waals surface area contributed by atoms with Crippen LogP contribution in [-0.4, -0.2) is 64.5 Å². The van der Waals surface area contributed by atoms with Crippen LogP contribution in [0.1, 0.15) is 37.9 Å². The normalized spacial score (nSPS) is 17.9. The zero-order chi connectivity index (χ0) is 23.3. The molecule has 3 rings (SSSR count). The van der Waals surface area contributed by atoms with Crippen LogP contribution in [0.5, 0.6) is 11.5 Å². The molecule has 1 aliphatic rings. The van der Waals surface area contributed by atoms with Crippen molar-refractivity contribution in [3.8, 4) is 11.5 Å². The first-order valence-electron chi connectivity index (χ1n) is 10.9. The van der Waals surface area contributed by atoms with Crippen LogP contribution in [0.4, 0.5) is 0 Å². The second kappa shape index (κ2) is 10.3. The Morgan fingerprint density at radius 3 is 2.38 bits per heavy atom. The maximum atomic E-state index is 13.1. The van der Waals surface area contributed by atoms with E-state index < -0.39 is 17.7 Å². The van der Waals surface area contributed by atoms with E-state index >= 15 is 0 Å². The van der Waals surface area contributed by atoms with Gasteiger partial charge in [-0.2, -0.15) is 0 Å². The molecule has 170 valence electrons. The van der Waals surface area contributed by atoms with Crippen molar-refractivity contribution in [3.63, 3.8) is 0 Å². The van der Waals surface area contributed by atoms with Gasteiger partial charge in [-0.3, -0.25) is 9.59 Å². The molecule has 1 unspecified atom stereocenters. The van der Waals surface area contributed by atoms with E-state index in [0.29, 0.717) is 36.6 Å². The Hall–Kier alpha value is -3.32. The van der Waals surface area contributed by atoms with Gasteiger partial charge in [-0.1, -0.05) is 38.1 Å². The van der Waals surface area contributed by atoms with Gasteiger partial charge in [-0.25, -0.2) is 0 Å². The molecule has 1 fully saturated rings. The van der Waals surface area contributed by atoms with Crippen molar-refractivity contribution >= 4 is 17.4 Å². The molecule has 2 aromatic carbocycles. The number of likely N-dealkylation sites (N-methyl/N-ethyl adjacent to an activating group) is 1. The molecule has 7 nitrogen and oxygen atoms in total. The second-order valence-electron chi connectivity index (χ2n) is 7.57. The molecular formula is C25H30N2O5. The molecular weight excluding hydrogens is 408 g/mol. The standard InChI is InChI=1S/C25H30N2O5/c1-4-26(5-2)14-15-27-22(17-10-12-19(28)13-11-17)21(24(30)25(27)31)23(29)18-8-7-9-20(16-18)32-6-3/h7-13,16,22,28-29H,4-6,14-15H2,1-3H3/b23-21+. The highest BCUT2D eigenvalue weighted by molar-refractivity contribution is 6.46. The summed E-state index contributed by atoms with van der Waals surface area (Å²) < 4.78 is 5.51. The third kappa shape index (κ3) is 4.78. The quantitative estimate of drug-likeness (QED) is 0.354. The van der Waals surface area contributed by atoms with Crippen LogP contribution in [0.3, 0.4) is 0 Å². The number of hydrogen-bond donors (Lipinski definition) is 2. The fourth-order valence-electron chi connectivity index (χ4n) is 3.96. The molecule has 1 heterocycles. The highest BCUT2D eigenvalue weighted by Gasteiger charge is 2.46. The number of aliphatic hydroxyl groups is 1. The Morgan fingerprint density at radius 1 is 1.06 bits per heavy atom. The minimum Gasteiger partial charge on any atom is -0.508 e. The molecule has 0 aliphatic carbocycles. The maximum Gasteiger partial charge on any atom is 0.295 e. The number of carbonyl (C=O) groups excluding carboxylic acids is 2. The monoisotopic (exact) mass is 438 g/mol. The third-order valence-electron chi connectivity index (χ3n) is 5.72. The van der Waals surface area contributed by atoms with Gasteiger partial charge in [0.15, 0.2) is 0 Å². The van der Waals surface area contributed by atoms with Gasteiger partial charge in [0, 0.05) is 18.7 Å². The molecule has 0 saturated carbocycles. The number of phenolic OH excluding ortho intramolecular Hbond substituents is 1. The van der Waals surface area contributed by atoms with E-state index in [2.05, 4.69) is 4.90 Å². The number of hydrogen-bond acceptors (Lipinski definition) is 6. The third-order valence-corrected chi connectivity index (χ3v) is 5.72. The number of likely N-dealkylation sites (tertiary alicyclic amines) is 1. The lowest BCUT2D eigenvalue weighted by atomic mass is 9.95. The van der Waals surface area contributed by atoms with Crippen LogP contribution < -0.4 is 4.74 Å². The van der Waals surface area contributed by atoms with E-state index in [9.17, 15) is 19.8 Å². The van der Waals surface area contributed by atoms with Gasteiger partial charge in [0.25, 0.3) is 11.7 Å². The van der Waals surface area contributed by atoms with E-state index in [4.69, 9.17) is 4.74 Å². The summed E-state index contributed by atoms with van der Waals surface area (Å²) in [7, 11) is 0. The lowest BCUT2D eigenvalue weighted by Gasteiger charge is -2.28. The predicted molar refractivity (Wildman–Crippen MR) is 123 cm³/mol. The molecule has 1 aliphatic heterocycles. The molecule has 1 saturated heterocycles. The fourth-order valence-corrected chi connectivity index (χ4v) is 3.96. The Balaban J connectivity index is 2.08. The Kier molecular flexibility index (Phi) is 7.53. The fraction of sp³-hybridized carbons (Fsp3) is 0.360. The number of ketones is 1. The van der Waals surface area contributed by atoms with Crippen molar-refractivity contribution in [2.75, 3.05) is 32.8 Å². The summed E-state index contributed by atoms with van der Waals surface area (Å²) >= 11 is 0. The molecule has 32 heavy (non-hydrogen) atoms. The van der Waals surface area contributed by atoms with E-state index in [1.807, 2.05) is 20.8 Å². The summed E-state index contributed by atoms with van der Waals surface area (Å²) in [5.74, 6) is -0.959. The summed E-state index contributed by atoms with van der Waals surface area (Å²) in [5, 5.41) is 20.9. The molecule has 0 radical (unpaired) electrons. The summed E-state index contributed by atoms with van der Waals surface area (Å²) in [6.07, 6.45) is 0. The van der Waals surface area contributed by atoms with Crippen LogP contribution in [0.25, 0.3) is 5.76 Å². The highest BCUT2D eigenvalue weighted by atomic mass is 16.5. The van der Waals surface area contributed by atoms with E-state index in [0.717, 1.165) is 13.1 Å². The number of carbonyl (C=O) groups is 2. The van der Waals surface area contributed by atoms with Gasteiger partial charge in [0.05, 0.1) is 18.2 Å². The van der Waals surface area contributed by atoms with Crippen molar-refractivity contribution in [1.82, 2.24) is 9.80 Å². The molecule has 1 atom stereocenters. The summed E-state index contributed by atoms with van der Waals surface area (Å²) in [6.45, 7) is 9.01. The number of phenols is 1. The van der Waals surface area contributed by atoms with Gasteiger partial charge in [0.2, 0.25) is 0 Å². The van der Waals surface area contributed by atoms with Crippen molar-refractivity contribution in [2.24, 2.45) is 0 Å². The summed E-state index contributed by atoms with van der Waals surface area (Å²) in [4.78, 5) is 29.7. The number of ether oxygens (including phenoxy) is 1. The van der Waals surface area contributed by atoms with Crippen LogP contribution in [0.15, 0.2) is 54.1 Å². The first-order chi connectivity index (χ1) is 15.4. The SMILES string of the molecule is CCOc1cccc(/C(O)=C2\C(=O)C(=O)N(CCN(CC)CC)C2c2ccc(O)cc2)c1. The molecule has 2 aromatic rings. The Labute approximate surface area is 188 Å². The number of amides is 1.